The van der Waals surface area contributed by atoms with Crippen LogP contribution < -0.4 is 11.1 Å². The maximum atomic E-state index is 11.9. The minimum Gasteiger partial charge on any atom is -0.461 e. The van der Waals surface area contributed by atoms with E-state index in [9.17, 15) is 4.79 Å². The molecule has 108 valence electrons. The van der Waals surface area contributed by atoms with Gasteiger partial charge in [0.05, 0.1) is 6.04 Å². The second-order valence-electron chi connectivity index (χ2n) is 6.14. The van der Waals surface area contributed by atoms with Gasteiger partial charge < -0.3 is 15.5 Å². The summed E-state index contributed by atoms with van der Waals surface area (Å²) in [6, 6.07) is 9.37. The van der Waals surface area contributed by atoms with Gasteiger partial charge in [0.15, 0.2) is 0 Å². The van der Waals surface area contributed by atoms with Gasteiger partial charge >= 0.3 is 0 Å². The Bertz CT molecular complexity index is 563. The molecule has 2 rings (SSSR count). The Hall–Kier alpha value is -1.81. The number of furan rings is 1. The van der Waals surface area contributed by atoms with Crippen molar-refractivity contribution in [1.29, 1.82) is 0 Å². The Labute approximate surface area is 119 Å². The third-order valence-electron chi connectivity index (χ3n) is 3.36. The molecule has 0 bridgehead atoms. The lowest BCUT2D eigenvalue weighted by atomic mass is 9.87. The summed E-state index contributed by atoms with van der Waals surface area (Å²) in [5, 5.41) is 3.94. The van der Waals surface area contributed by atoms with Gasteiger partial charge in [-0.15, -0.1) is 0 Å². The van der Waals surface area contributed by atoms with Crippen molar-refractivity contribution in [2.24, 2.45) is 11.1 Å². The molecular weight excluding hydrogens is 252 g/mol. The molecule has 0 fully saturated rings. The second kappa shape index (κ2) is 5.67. The first-order chi connectivity index (χ1) is 9.38. The fraction of sp³-hybridized carbons (Fsp3) is 0.438. The van der Waals surface area contributed by atoms with Gasteiger partial charge in [0.25, 0.3) is 0 Å². The Kier molecular flexibility index (Phi) is 4.14. The molecule has 2 aromatic rings. The largest absolute Gasteiger partial charge is 0.461 e. The van der Waals surface area contributed by atoms with Crippen molar-refractivity contribution in [2.45, 2.75) is 33.2 Å². The summed E-state index contributed by atoms with van der Waals surface area (Å²) < 4.78 is 5.70. The van der Waals surface area contributed by atoms with Gasteiger partial charge in [0, 0.05) is 18.4 Å². The molecule has 3 N–H and O–H groups in total. The second-order valence-corrected chi connectivity index (χ2v) is 6.14. The lowest BCUT2D eigenvalue weighted by Gasteiger charge is -2.25. The Balaban J connectivity index is 1.88. The highest BCUT2D eigenvalue weighted by Gasteiger charge is 2.26. The standard InChI is InChI=1S/C16H22N2O2/c1-16(2,3)14(17)15(19)18-9-8-12-10-11-6-4-5-7-13(11)20-12/h4-7,10,14H,8-9,17H2,1-3H3,(H,18,19)/t14-/m1/s1. The van der Waals surface area contributed by atoms with Crippen molar-refractivity contribution in [3.8, 4) is 0 Å². The molecule has 0 unspecified atom stereocenters. The summed E-state index contributed by atoms with van der Waals surface area (Å²) >= 11 is 0. The molecule has 4 nitrogen and oxygen atoms in total. The molecule has 0 aliphatic heterocycles. The molecule has 1 aromatic carbocycles. The quantitative estimate of drug-likeness (QED) is 0.900. The van der Waals surface area contributed by atoms with E-state index in [4.69, 9.17) is 10.2 Å². The van der Waals surface area contributed by atoms with Gasteiger partial charge in [-0.25, -0.2) is 0 Å². The van der Waals surface area contributed by atoms with Crippen LogP contribution >= 0.6 is 0 Å². The Morgan fingerprint density at radius 1 is 1.35 bits per heavy atom. The smallest absolute Gasteiger partial charge is 0.237 e. The maximum Gasteiger partial charge on any atom is 0.237 e. The Morgan fingerprint density at radius 3 is 2.70 bits per heavy atom. The monoisotopic (exact) mass is 274 g/mol. The van der Waals surface area contributed by atoms with Gasteiger partial charge in [-0.05, 0) is 17.5 Å². The molecule has 4 heteroatoms. The van der Waals surface area contributed by atoms with E-state index in [1.807, 2.05) is 51.1 Å². The number of benzene rings is 1. The topological polar surface area (TPSA) is 68.3 Å². The van der Waals surface area contributed by atoms with Crippen molar-refractivity contribution in [1.82, 2.24) is 5.32 Å². The van der Waals surface area contributed by atoms with Crippen LogP contribution in [0.2, 0.25) is 0 Å². The maximum absolute atomic E-state index is 11.9. The van der Waals surface area contributed by atoms with Crippen LogP contribution in [0.25, 0.3) is 11.0 Å². The first kappa shape index (κ1) is 14.6. The molecule has 1 atom stereocenters. The zero-order chi connectivity index (χ0) is 14.8. The molecule has 0 saturated heterocycles. The third-order valence-corrected chi connectivity index (χ3v) is 3.36. The number of hydrogen-bond donors (Lipinski definition) is 2. The first-order valence-corrected chi connectivity index (χ1v) is 6.88. The van der Waals surface area contributed by atoms with Crippen LogP contribution in [-0.2, 0) is 11.2 Å². The number of hydrogen-bond acceptors (Lipinski definition) is 3. The van der Waals surface area contributed by atoms with Crippen LogP contribution in [0.1, 0.15) is 26.5 Å². The number of nitrogens with two attached hydrogens (primary N) is 1. The van der Waals surface area contributed by atoms with Crippen LogP contribution in [0.4, 0.5) is 0 Å². The molecule has 1 amide bonds. The molecule has 0 spiro atoms. The van der Waals surface area contributed by atoms with Crippen molar-refractivity contribution in [3.63, 3.8) is 0 Å². The highest BCUT2D eigenvalue weighted by molar-refractivity contribution is 5.82. The molecule has 1 aromatic heterocycles. The number of nitrogens with one attached hydrogen (secondary N) is 1. The summed E-state index contributed by atoms with van der Waals surface area (Å²) in [5.41, 5.74) is 6.54. The molecule has 0 saturated carbocycles. The minimum atomic E-state index is -0.502. The zero-order valence-electron chi connectivity index (χ0n) is 12.3. The van der Waals surface area contributed by atoms with Crippen molar-refractivity contribution in [3.05, 3.63) is 36.1 Å². The molecule has 1 heterocycles. The molecule has 0 aliphatic rings. The number of carbonyl (C=O) groups excluding carboxylic acids is 1. The van der Waals surface area contributed by atoms with E-state index in [-0.39, 0.29) is 11.3 Å². The van der Waals surface area contributed by atoms with E-state index in [2.05, 4.69) is 5.32 Å². The molecular formula is C16H22N2O2. The van der Waals surface area contributed by atoms with E-state index < -0.39 is 6.04 Å². The average Bonchev–Trinajstić information content (AvgIpc) is 2.79. The van der Waals surface area contributed by atoms with E-state index in [1.165, 1.54) is 0 Å². The number of para-hydroxylation sites is 1. The highest BCUT2D eigenvalue weighted by atomic mass is 16.3. The van der Waals surface area contributed by atoms with Crippen molar-refractivity contribution in [2.75, 3.05) is 6.54 Å². The normalized spacial score (nSPS) is 13.4. The van der Waals surface area contributed by atoms with Gasteiger partial charge in [-0.1, -0.05) is 39.0 Å². The predicted molar refractivity (Wildman–Crippen MR) is 80.4 cm³/mol. The third kappa shape index (κ3) is 3.39. The summed E-state index contributed by atoms with van der Waals surface area (Å²) in [4.78, 5) is 11.9. The lowest BCUT2D eigenvalue weighted by Crippen LogP contribution is -2.48. The lowest BCUT2D eigenvalue weighted by molar-refractivity contribution is -0.124. The summed E-state index contributed by atoms with van der Waals surface area (Å²) in [7, 11) is 0. The number of fused-ring (bicyclic) bond motifs is 1. The number of rotatable bonds is 4. The summed E-state index contributed by atoms with van der Waals surface area (Å²) in [6.07, 6.45) is 0.664. The summed E-state index contributed by atoms with van der Waals surface area (Å²) in [6.45, 7) is 6.39. The van der Waals surface area contributed by atoms with Crippen LogP contribution in [0.15, 0.2) is 34.7 Å². The van der Waals surface area contributed by atoms with Gasteiger partial charge in [0.2, 0.25) is 5.91 Å². The zero-order valence-corrected chi connectivity index (χ0v) is 12.3. The fourth-order valence-corrected chi connectivity index (χ4v) is 1.97. The minimum absolute atomic E-state index is 0.117. The Morgan fingerprint density at radius 2 is 2.05 bits per heavy atom. The van der Waals surface area contributed by atoms with Crippen molar-refractivity contribution >= 4 is 16.9 Å². The number of amides is 1. The van der Waals surface area contributed by atoms with Crippen molar-refractivity contribution < 1.29 is 9.21 Å². The van der Waals surface area contributed by atoms with Gasteiger partial charge in [-0.2, -0.15) is 0 Å². The SMILES string of the molecule is CC(C)(C)[C@H](N)C(=O)NCCc1cc2ccccc2o1. The van der Waals surface area contributed by atoms with E-state index in [0.717, 1.165) is 16.7 Å². The van der Waals surface area contributed by atoms with E-state index in [1.54, 1.807) is 0 Å². The summed E-state index contributed by atoms with van der Waals surface area (Å²) in [5.74, 6) is 0.754. The van der Waals surface area contributed by atoms with Crippen LogP contribution in [-0.4, -0.2) is 18.5 Å². The first-order valence-electron chi connectivity index (χ1n) is 6.88. The average molecular weight is 274 g/mol. The molecule has 0 aliphatic carbocycles. The highest BCUT2D eigenvalue weighted by Crippen LogP contribution is 2.19. The fourth-order valence-electron chi connectivity index (χ4n) is 1.97. The van der Waals surface area contributed by atoms with Crippen LogP contribution in [0.5, 0.6) is 0 Å². The molecule has 20 heavy (non-hydrogen) atoms. The van der Waals surface area contributed by atoms with E-state index in [0.29, 0.717) is 13.0 Å². The van der Waals surface area contributed by atoms with Crippen LogP contribution in [0, 0.1) is 5.41 Å². The van der Waals surface area contributed by atoms with Gasteiger partial charge in [0.1, 0.15) is 11.3 Å². The number of carbonyl (C=O) groups is 1. The predicted octanol–water partition coefficient (Wildman–Crippen LogP) is 2.46. The van der Waals surface area contributed by atoms with E-state index >= 15 is 0 Å². The van der Waals surface area contributed by atoms with Crippen LogP contribution in [0.3, 0.4) is 0 Å². The molecule has 0 radical (unpaired) electrons. The van der Waals surface area contributed by atoms with Gasteiger partial charge in [-0.3, -0.25) is 4.79 Å².